The smallest absolute Gasteiger partial charge is 0.343 e. The van der Waals surface area contributed by atoms with E-state index in [1.54, 1.807) is 11.0 Å². The van der Waals surface area contributed by atoms with Crippen LogP contribution in [0.25, 0.3) is 17.0 Å². The minimum atomic E-state index is -1.86. The van der Waals surface area contributed by atoms with Gasteiger partial charge in [0, 0.05) is 55.9 Å². The fourth-order valence-corrected chi connectivity index (χ4v) is 13.2. The number of piperazine rings is 1. The Morgan fingerprint density at radius 1 is 0.774 bits per heavy atom. The van der Waals surface area contributed by atoms with Crippen molar-refractivity contribution < 1.29 is 9.21 Å². The van der Waals surface area contributed by atoms with Crippen LogP contribution in [0, 0.1) is 11.3 Å². The molecule has 3 aliphatic heterocycles. The van der Waals surface area contributed by atoms with Crippen LogP contribution in [-0.4, -0.2) is 67.7 Å². The van der Waals surface area contributed by atoms with Gasteiger partial charge in [-0.05, 0) is 105 Å². The Labute approximate surface area is 312 Å². The average Bonchev–Trinajstić information content (AvgIpc) is 3.22. The summed E-state index contributed by atoms with van der Waals surface area (Å²) in [5.74, 6) is -0.328. The summed E-state index contributed by atoms with van der Waals surface area (Å²) in [4.78, 5) is 33.4. The van der Waals surface area contributed by atoms with Gasteiger partial charge in [-0.15, -0.1) is 0 Å². The van der Waals surface area contributed by atoms with Gasteiger partial charge in [-0.2, -0.15) is 5.26 Å². The van der Waals surface area contributed by atoms with Gasteiger partial charge in [0.1, 0.15) is 40.4 Å². The molecule has 0 atom stereocenters. The number of carbonyl (C=O) groups excluding carboxylic acids is 1. The first-order valence-electron chi connectivity index (χ1n) is 19.1. The molecular formula is C45H46N4O3P+. The number of rotatable bonds is 10. The Hall–Kier alpha value is -5.02. The Bertz CT molecular complexity index is 2120. The third kappa shape index (κ3) is 6.95. The van der Waals surface area contributed by atoms with Crippen LogP contribution < -0.4 is 26.4 Å². The van der Waals surface area contributed by atoms with Crippen LogP contribution in [-0.2, 0) is 17.6 Å². The molecule has 7 nitrogen and oxygen atoms in total. The lowest BCUT2D eigenvalue weighted by atomic mass is 9.90. The molecule has 3 aliphatic rings. The maximum Gasteiger partial charge on any atom is 0.343 e. The molecule has 1 amide bonds. The minimum Gasteiger partial charge on any atom is -0.422 e. The molecule has 0 aliphatic carbocycles. The zero-order valence-corrected chi connectivity index (χ0v) is 31.1. The first kappa shape index (κ1) is 35.0. The van der Waals surface area contributed by atoms with E-state index in [1.807, 2.05) is 0 Å². The normalized spacial score (nSPS) is 16.3. The van der Waals surface area contributed by atoms with Crippen molar-refractivity contribution in [2.24, 2.45) is 0 Å². The molecule has 4 heterocycles. The summed E-state index contributed by atoms with van der Waals surface area (Å²) < 4.78 is 5.92. The number of unbranched alkanes of at least 4 members (excludes halogenated alkanes) is 1. The monoisotopic (exact) mass is 721 g/mol. The Balaban J connectivity index is 0.925. The van der Waals surface area contributed by atoms with Crippen molar-refractivity contribution in [1.82, 2.24) is 9.80 Å². The summed E-state index contributed by atoms with van der Waals surface area (Å²) in [6.45, 7) is 5.64. The topological polar surface area (TPSA) is 80.8 Å². The molecule has 1 saturated heterocycles. The highest BCUT2D eigenvalue weighted by Crippen LogP contribution is 2.56. The van der Waals surface area contributed by atoms with Crippen LogP contribution >= 0.6 is 7.26 Å². The van der Waals surface area contributed by atoms with E-state index in [2.05, 4.69) is 113 Å². The van der Waals surface area contributed by atoms with Crippen molar-refractivity contribution in [3.8, 4) is 6.07 Å². The molecule has 0 spiro atoms. The number of fused-ring (bicyclic) bond motifs is 2. The Morgan fingerprint density at radius 2 is 1.38 bits per heavy atom. The standard InChI is InChI=1S/C45H46N4O3P/c46-33-37(32-36-31-35-30-34-14-12-23-48-24-13-21-41(42(34)48)43(35)52-45(36)51)44(50)49-27-25-47(26-28-49)22-10-11-29-53(38-15-4-1-5-16-38,39-17-6-2-7-18-39)40-19-8-3-9-20-40/h1-9,15-20,30-32H,10-14,21-29H2/q+1. The van der Waals surface area contributed by atoms with Crippen molar-refractivity contribution in [1.29, 1.82) is 5.26 Å². The first-order valence-corrected chi connectivity index (χ1v) is 21.1. The van der Waals surface area contributed by atoms with E-state index >= 15 is 0 Å². The second-order valence-corrected chi connectivity index (χ2v) is 18.1. The summed E-state index contributed by atoms with van der Waals surface area (Å²) >= 11 is 0. The molecule has 0 N–H and O–H groups in total. The number of anilines is 1. The number of benzene rings is 4. The predicted molar refractivity (Wildman–Crippen MR) is 217 cm³/mol. The lowest BCUT2D eigenvalue weighted by Gasteiger charge is -2.37. The van der Waals surface area contributed by atoms with Gasteiger partial charge < -0.3 is 14.2 Å². The quantitative estimate of drug-likeness (QED) is 0.0553. The second kappa shape index (κ2) is 15.5. The van der Waals surface area contributed by atoms with Gasteiger partial charge in [0.25, 0.3) is 5.91 Å². The summed E-state index contributed by atoms with van der Waals surface area (Å²) in [5, 5.41) is 15.2. The number of amides is 1. The van der Waals surface area contributed by atoms with E-state index in [9.17, 15) is 14.9 Å². The molecule has 268 valence electrons. The van der Waals surface area contributed by atoms with E-state index in [0.29, 0.717) is 18.7 Å². The maximum atomic E-state index is 13.6. The van der Waals surface area contributed by atoms with Crippen molar-refractivity contribution in [3.05, 3.63) is 136 Å². The molecular weight excluding hydrogens is 675 g/mol. The van der Waals surface area contributed by atoms with Crippen LogP contribution in [0.5, 0.6) is 0 Å². The summed E-state index contributed by atoms with van der Waals surface area (Å²) in [6, 6.07) is 39.1. The van der Waals surface area contributed by atoms with Gasteiger partial charge in [-0.25, -0.2) is 4.79 Å². The highest BCUT2D eigenvalue weighted by Gasteiger charge is 2.44. The fraction of sp³-hybridized carbons (Fsp3) is 0.311. The zero-order chi connectivity index (χ0) is 36.2. The molecule has 1 fully saturated rings. The molecule has 0 unspecified atom stereocenters. The number of aryl methyl sites for hydroxylation is 2. The molecule has 4 aromatic carbocycles. The van der Waals surface area contributed by atoms with Gasteiger partial charge in [0.05, 0.1) is 11.7 Å². The number of hydrogen-bond donors (Lipinski definition) is 0. The molecule has 1 aromatic heterocycles. The number of hydrogen-bond acceptors (Lipinski definition) is 6. The molecule has 0 saturated carbocycles. The molecule has 5 aromatic rings. The molecule has 0 radical (unpaired) electrons. The average molecular weight is 722 g/mol. The first-order chi connectivity index (χ1) is 26.0. The fourth-order valence-electron chi connectivity index (χ4n) is 8.77. The van der Waals surface area contributed by atoms with E-state index in [0.717, 1.165) is 88.4 Å². The molecule has 8 heteroatoms. The summed E-state index contributed by atoms with van der Waals surface area (Å²) in [6.07, 6.45) is 8.71. The summed E-state index contributed by atoms with van der Waals surface area (Å²) in [5.41, 5.74) is 4.01. The van der Waals surface area contributed by atoms with Crippen molar-refractivity contribution in [3.63, 3.8) is 0 Å². The highest BCUT2D eigenvalue weighted by molar-refractivity contribution is 7.95. The van der Waals surface area contributed by atoms with Crippen LogP contribution in [0.1, 0.15) is 42.4 Å². The molecule has 53 heavy (non-hydrogen) atoms. The van der Waals surface area contributed by atoms with E-state index in [1.165, 1.54) is 33.2 Å². The Morgan fingerprint density at radius 3 is 1.98 bits per heavy atom. The number of nitrogens with zero attached hydrogens (tertiary/aromatic N) is 4. The van der Waals surface area contributed by atoms with Crippen LogP contribution in [0.3, 0.4) is 0 Å². The van der Waals surface area contributed by atoms with Crippen molar-refractivity contribution in [2.45, 2.75) is 38.5 Å². The molecule has 0 bridgehead atoms. The van der Waals surface area contributed by atoms with Crippen LogP contribution in [0.2, 0.25) is 0 Å². The Kier molecular flexibility index (Phi) is 10.3. The zero-order valence-electron chi connectivity index (χ0n) is 30.3. The van der Waals surface area contributed by atoms with Gasteiger partial charge in [-0.1, -0.05) is 54.6 Å². The third-order valence-corrected chi connectivity index (χ3v) is 15.9. The van der Waals surface area contributed by atoms with Gasteiger partial charge in [0.15, 0.2) is 0 Å². The van der Waals surface area contributed by atoms with Gasteiger partial charge >= 0.3 is 5.63 Å². The lowest BCUT2D eigenvalue weighted by molar-refractivity contribution is -0.128. The predicted octanol–water partition coefficient (Wildman–Crippen LogP) is 6.32. The SMILES string of the molecule is N#CC(=Cc1cc2cc3c4c(c2oc1=O)CCCN4CCC3)C(=O)N1CCN(CCCC[P+](c2ccccc2)(c2ccccc2)c2ccccc2)CC1. The highest BCUT2D eigenvalue weighted by atomic mass is 31.2. The maximum absolute atomic E-state index is 13.6. The van der Waals surface area contributed by atoms with Gasteiger partial charge in [-0.3, -0.25) is 9.69 Å². The van der Waals surface area contributed by atoms with Gasteiger partial charge in [0.2, 0.25) is 0 Å². The largest absolute Gasteiger partial charge is 0.422 e. The van der Waals surface area contributed by atoms with E-state index < -0.39 is 12.9 Å². The molecule has 8 rings (SSSR count). The lowest BCUT2D eigenvalue weighted by Crippen LogP contribution is -2.49. The number of carbonyl (C=O) groups is 1. The van der Waals surface area contributed by atoms with Crippen molar-refractivity contribution >= 4 is 51.8 Å². The third-order valence-electron chi connectivity index (χ3n) is 11.4. The number of nitriles is 1. The van der Waals surface area contributed by atoms with Crippen LogP contribution in [0.4, 0.5) is 5.69 Å². The van der Waals surface area contributed by atoms with Crippen molar-refractivity contribution in [2.75, 3.05) is 56.9 Å². The minimum absolute atomic E-state index is 0.0291. The van der Waals surface area contributed by atoms with E-state index in [-0.39, 0.29) is 17.0 Å². The summed E-state index contributed by atoms with van der Waals surface area (Å²) in [7, 11) is -1.86. The van der Waals surface area contributed by atoms with E-state index in [4.69, 9.17) is 4.42 Å². The van der Waals surface area contributed by atoms with Crippen LogP contribution in [0.15, 0.2) is 118 Å². The second-order valence-electron chi connectivity index (χ2n) is 14.5.